The molecule has 0 fully saturated rings. The van der Waals surface area contributed by atoms with E-state index in [0.29, 0.717) is 0 Å². The Morgan fingerprint density at radius 2 is 1.48 bits per heavy atom. The van der Waals surface area contributed by atoms with Crippen molar-refractivity contribution in [3.05, 3.63) is 0 Å². The van der Waals surface area contributed by atoms with Gasteiger partial charge in [-0.05, 0) is 6.92 Å². The van der Waals surface area contributed by atoms with Crippen molar-refractivity contribution in [1.82, 2.24) is 0 Å². The van der Waals surface area contributed by atoms with E-state index in [0.717, 1.165) is 20.8 Å². The Hall–Kier alpha value is -1.04. The van der Waals surface area contributed by atoms with Crippen LogP contribution in [0.3, 0.4) is 0 Å². The molecule has 0 saturated carbocycles. The average molecular weight is 346 g/mol. The van der Waals surface area contributed by atoms with Gasteiger partial charge in [0.05, 0.1) is 6.61 Å². The van der Waals surface area contributed by atoms with Gasteiger partial charge in [-0.25, -0.2) is 0 Å². The van der Waals surface area contributed by atoms with Gasteiger partial charge in [0.1, 0.15) is 12.2 Å². The number of carbonyl (C=O) groups excluding carboxylic acids is 4. The fourth-order valence-electron chi connectivity index (χ4n) is 1.21. The summed E-state index contributed by atoms with van der Waals surface area (Å²) in [6, 6.07) is 0. The van der Waals surface area contributed by atoms with Crippen molar-refractivity contribution >= 4 is 24.2 Å². The average Bonchev–Trinajstić information content (AvgIpc) is 2.39. The quantitative estimate of drug-likeness (QED) is 0.229. The fraction of sp³-hybridized carbons (Fsp3) is 0.667. The molecule has 0 aromatic heterocycles. The van der Waals surface area contributed by atoms with Gasteiger partial charge in [0.25, 0.3) is 0 Å². The third-order valence-electron chi connectivity index (χ3n) is 1.98. The zero-order valence-corrected chi connectivity index (χ0v) is 15.3. The topological polar surface area (TPSA) is 170 Å². The van der Waals surface area contributed by atoms with Crippen LogP contribution in [0.15, 0.2) is 0 Å². The molecule has 11 heteroatoms. The number of aliphatic hydroxyl groups excluding tert-OH is 3. The van der Waals surface area contributed by atoms with Crippen LogP contribution in [0, 0.1) is 0 Å². The van der Waals surface area contributed by atoms with Gasteiger partial charge >= 0.3 is 41.5 Å². The number of carboxylic acids is 1. The predicted molar refractivity (Wildman–Crippen MR) is 67.0 cm³/mol. The molecule has 0 aliphatic rings. The van der Waals surface area contributed by atoms with Crippen molar-refractivity contribution in [2.75, 3.05) is 6.61 Å². The second-order valence-electron chi connectivity index (χ2n) is 4.02. The minimum absolute atomic E-state index is 0. The molecule has 0 heterocycles. The van der Waals surface area contributed by atoms with E-state index in [9.17, 15) is 24.6 Å². The maximum absolute atomic E-state index is 10.8. The van der Waals surface area contributed by atoms with Crippen LogP contribution in [-0.4, -0.2) is 70.5 Å². The maximum Gasteiger partial charge on any atom is 1.00 e. The number of carboxylic acid groups (broad SMARTS) is 1. The summed E-state index contributed by atoms with van der Waals surface area (Å²) in [7, 11) is 0. The molecule has 3 N–H and O–H groups in total. The van der Waals surface area contributed by atoms with Crippen molar-refractivity contribution < 1.29 is 78.6 Å². The normalized spacial score (nSPS) is 14.5. The summed E-state index contributed by atoms with van der Waals surface area (Å²) in [6.07, 6.45) is -6.42. The van der Waals surface area contributed by atoms with Gasteiger partial charge in [-0.2, -0.15) is 0 Å². The van der Waals surface area contributed by atoms with E-state index in [1.54, 1.807) is 0 Å². The minimum atomic E-state index is -1.77. The Labute approximate surface area is 154 Å². The Balaban J connectivity index is -0.000000712. The molecule has 0 saturated heterocycles. The number of aliphatic hydroxyl groups is 3. The fourth-order valence-corrected chi connectivity index (χ4v) is 1.21. The smallest absolute Gasteiger partial charge is 0.550 e. The number of carbonyl (C=O) groups is 4. The molecular formula is C12H19NaO10. The zero-order valence-electron chi connectivity index (χ0n) is 13.3. The number of aldehydes is 1. The number of rotatable bonds is 7. The third-order valence-corrected chi connectivity index (χ3v) is 1.98. The van der Waals surface area contributed by atoms with Crippen LogP contribution in [-0.2, 0) is 28.7 Å². The molecule has 0 aliphatic heterocycles. The van der Waals surface area contributed by atoms with E-state index in [2.05, 4.69) is 9.47 Å². The van der Waals surface area contributed by atoms with E-state index < -0.39 is 48.9 Å². The van der Waals surface area contributed by atoms with Crippen molar-refractivity contribution in [1.29, 1.82) is 0 Å². The first-order valence-electron chi connectivity index (χ1n) is 6.01. The predicted octanol–water partition coefficient (Wildman–Crippen LogP) is -6.48. The van der Waals surface area contributed by atoms with Gasteiger partial charge in [-0.3, -0.25) is 14.4 Å². The van der Waals surface area contributed by atoms with Crippen molar-refractivity contribution in [3.8, 4) is 0 Å². The first-order valence-corrected chi connectivity index (χ1v) is 6.01. The second-order valence-corrected chi connectivity index (χ2v) is 4.02. The molecule has 10 nitrogen and oxygen atoms in total. The summed E-state index contributed by atoms with van der Waals surface area (Å²) in [5.41, 5.74) is 0. The molecule has 0 aliphatic carbocycles. The number of hydrogen-bond acceptors (Lipinski definition) is 10. The Bertz CT molecular complexity index is 382. The summed E-state index contributed by atoms with van der Waals surface area (Å²) in [4.78, 5) is 41.2. The van der Waals surface area contributed by atoms with Crippen LogP contribution in [0.1, 0.15) is 20.8 Å². The molecule has 0 aromatic rings. The molecule has 0 spiro atoms. The van der Waals surface area contributed by atoms with Gasteiger partial charge in [0, 0.05) is 19.8 Å². The van der Waals surface area contributed by atoms with Gasteiger partial charge in [0.15, 0.2) is 18.5 Å². The van der Waals surface area contributed by atoms with Crippen molar-refractivity contribution in [2.24, 2.45) is 0 Å². The van der Waals surface area contributed by atoms with Gasteiger partial charge < -0.3 is 34.7 Å². The number of esters is 2. The van der Waals surface area contributed by atoms with Gasteiger partial charge in [-0.15, -0.1) is 0 Å². The van der Waals surface area contributed by atoms with Crippen LogP contribution >= 0.6 is 0 Å². The Morgan fingerprint density at radius 1 is 1.09 bits per heavy atom. The van der Waals surface area contributed by atoms with Crippen LogP contribution in [0.25, 0.3) is 0 Å². The summed E-state index contributed by atoms with van der Waals surface area (Å²) in [5.74, 6) is -2.75. The second kappa shape index (κ2) is 14.5. The number of ether oxygens (including phenoxy) is 2. The Morgan fingerprint density at radius 3 is 1.74 bits per heavy atom. The van der Waals surface area contributed by atoms with Crippen LogP contribution in [0.2, 0.25) is 0 Å². The molecule has 4 atom stereocenters. The molecule has 0 unspecified atom stereocenters. The molecule has 0 amide bonds. The summed E-state index contributed by atoms with van der Waals surface area (Å²) < 4.78 is 9.16. The summed E-state index contributed by atoms with van der Waals surface area (Å²) in [6.45, 7) is 2.20. The van der Waals surface area contributed by atoms with E-state index in [1.165, 1.54) is 0 Å². The molecule has 0 bridgehead atoms. The third kappa shape index (κ3) is 14.3. The van der Waals surface area contributed by atoms with Crippen molar-refractivity contribution in [3.63, 3.8) is 0 Å². The standard InChI is InChI=1S/C10H16O8.C2H4O2.Na/c1-5(13)17-8(4-12)10(18-6(2)14)9(16)7(15)3-11;1-2(3)4;/h4,7-11,15-16H,3H2,1-2H3;1H3,(H,3,4);/q;;+1/p-1/t7-,8+,9-,10-;;/m1../s1. The summed E-state index contributed by atoms with van der Waals surface area (Å²) in [5, 5.41) is 36.4. The van der Waals surface area contributed by atoms with E-state index in [-0.39, 0.29) is 35.8 Å². The monoisotopic (exact) mass is 346 g/mol. The SMILES string of the molecule is CC(=O)O[C@@H]([C@H](O)[C@H](O)CO)[C@H](C=O)OC(C)=O.CC(=O)[O-].[Na+]. The molecule has 0 aromatic carbocycles. The maximum atomic E-state index is 10.8. The largest absolute Gasteiger partial charge is 1.00 e. The minimum Gasteiger partial charge on any atom is -0.550 e. The van der Waals surface area contributed by atoms with Crippen LogP contribution in [0.5, 0.6) is 0 Å². The van der Waals surface area contributed by atoms with Crippen LogP contribution < -0.4 is 34.7 Å². The zero-order chi connectivity index (χ0) is 17.9. The first kappa shape index (κ1) is 26.8. The van der Waals surface area contributed by atoms with Crippen molar-refractivity contribution in [2.45, 2.75) is 45.2 Å². The molecule has 0 radical (unpaired) electrons. The molecule has 0 rings (SSSR count). The molecular weight excluding hydrogens is 327 g/mol. The number of hydrogen-bond donors (Lipinski definition) is 3. The summed E-state index contributed by atoms with van der Waals surface area (Å²) >= 11 is 0. The molecule has 128 valence electrons. The molecule has 23 heavy (non-hydrogen) atoms. The van der Waals surface area contributed by atoms with Gasteiger partial charge in [0.2, 0.25) is 0 Å². The van der Waals surface area contributed by atoms with E-state index in [4.69, 9.17) is 15.0 Å². The Kier molecular flexibility index (Phi) is 17.0. The number of aliphatic carboxylic acids is 1. The van der Waals surface area contributed by atoms with Crippen LogP contribution in [0.4, 0.5) is 0 Å². The van der Waals surface area contributed by atoms with Gasteiger partial charge in [-0.1, -0.05) is 0 Å². The first-order chi connectivity index (χ1) is 10.1. The van der Waals surface area contributed by atoms with E-state index in [1.807, 2.05) is 0 Å². The van der Waals surface area contributed by atoms with E-state index >= 15 is 0 Å².